The smallest absolute Gasteiger partial charge is 0.315 e. The van der Waals surface area contributed by atoms with Crippen LogP contribution in [0.3, 0.4) is 0 Å². The number of carbonyl (C=O) groups excluding carboxylic acids is 2. The molecule has 2 heterocycles. The third kappa shape index (κ3) is 3.28. The highest BCUT2D eigenvalue weighted by molar-refractivity contribution is 5.95. The van der Waals surface area contributed by atoms with Crippen LogP contribution in [0.25, 0.3) is 10.9 Å². The molecule has 0 spiro atoms. The minimum absolute atomic E-state index is 0.137. The van der Waals surface area contributed by atoms with Crippen molar-refractivity contribution in [1.82, 2.24) is 4.98 Å². The molecule has 3 aromatic rings. The molecule has 1 aliphatic heterocycles. The van der Waals surface area contributed by atoms with E-state index in [9.17, 15) is 9.59 Å². The van der Waals surface area contributed by atoms with E-state index >= 15 is 0 Å². The Bertz CT molecular complexity index is 961. The number of anilines is 1. The Morgan fingerprint density at radius 3 is 2.65 bits per heavy atom. The molecule has 2 aromatic carbocycles. The van der Waals surface area contributed by atoms with E-state index in [-0.39, 0.29) is 18.3 Å². The molecule has 5 heteroatoms. The summed E-state index contributed by atoms with van der Waals surface area (Å²) in [5.74, 6) is 0.268. The van der Waals surface area contributed by atoms with Crippen molar-refractivity contribution in [2.75, 3.05) is 11.4 Å². The molecule has 1 saturated heterocycles. The van der Waals surface area contributed by atoms with Gasteiger partial charge in [-0.2, -0.15) is 0 Å². The zero-order chi connectivity index (χ0) is 17.9. The average Bonchev–Trinajstić information content (AvgIpc) is 3.09. The van der Waals surface area contributed by atoms with E-state index in [2.05, 4.69) is 4.98 Å². The van der Waals surface area contributed by atoms with Crippen molar-refractivity contribution >= 4 is 28.5 Å². The number of carbonyl (C=O) groups is 2. The van der Waals surface area contributed by atoms with Crippen LogP contribution in [0.1, 0.15) is 18.4 Å². The van der Waals surface area contributed by atoms with E-state index in [4.69, 9.17) is 4.74 Å². The minimum Gasteiger partial charge on any atom is -0.426 e. The topological polar surface area (TPSA) is 59.5 Å². The molecule has 0 radical (unpaired) electrons. The lowest BCUT2D eigenvalue weighted by molar-refractivity contribution is -0.133. The van der Waals surface area contributed by atoms with Gasteiger partial charge in [-0.15, -0.1) is 0 Å². The zero-order valence-corrected chi connectivity index (χ0v) is 14.2. The molecule has 0 unspecified atom stereocenters. The van der Waals surface area contributed by atoms with Crippen molar-refractivity contribution in [2.24, 2.45) is 0 Å². The van der Waals surface area contributed by atoms with Gasteiger partial charge in [0.2, 0.25) is 5.91 Å². The molecule has 1 amide bonds. The summed E-state index contributed by atoms with van der Waals surface area (Å²) in [6, 6.07) is 16.7. The number of hydrogen-bond donors (Lipinski definition) is 0. The fraction of sp³-hybridized carbons (Fsp3) is 0.190. The third-order valence-corrected chi connectivity index (χ3v) is 4.50. The second kappa shape index (κ2) is 6.96. The van der Waals surface area contributed by atoms with Crippen LogP contribution in [0.4, 0.5) is 5.69 Å². The first-order valence-corrected chi connectivity index (χ1v) is 8.64. The summed E-state index contributed by atoms with van der Waals surface area (Å²) in [6.45, 7) is 0.742. The van der Waals surface area contributed by atoms with Gasteiger partial charge in [0, 0.05) is 30.2 Å². The molecule has 1 aromatic heterocycles. The van der Waals surface area contributed by atoms with Crippen molar-refractivity contribution in [3.8, 4) is 5.75 Å². The number of fused-ring (bicyclic) bond motifs is 1. The zero-order valence-electron chi connectivity index (χ0n) is 14.2. The number of para-hydroxylation sites is 1. The van der Waals surface area contributed by atoms with Gasteiger partial charge in [0.1, 0.15) is 5.75 Å². The van der Waals surface area contributed by atoms with Crippen LogP contribution < -0.4 is 9.64 Å². The molecule has 0 atom stereocenters. The number of pyridine rings is 1. The monoisotopic (exact) mass is 346 g/mol. The van der Waals surface area contributed by atoms with Gasteiger partial charge in [-0.05, 0) is 42.3 Å². The van der Waals surface area contributed by atoms with Crippen LogP contribution >= 0.6 is 0 Å². The van der Waals surface area contributed by atoms with E-state index in [1.807, 2.05) is 42.5 Å². The summed E-state index contributed by atoms with van der Waals surface area (Å²) in [5, 5.41) is 0.998. The Labute approximate surface area is 151 Å². The molecule has 0 bridgehead atoms. The van der Waals surface area contributed by atoms with Gasteiger partial charge in [0.15, 0.2) is 0 Å². The number of ether oxygens (including phenoxy) is 1. The predicted octanol–water partition coefficient (Wildman–Crippen LogP) is 3.51. The van der Waals surface area contributed by atoms with E-state index in [0.717, 1.165) is 35.1 Å². The van der Waals surface area contributed by atoms with Crippen LogP contribution in [-0.2, 0) is 16.0 Å². The number of amides is 1. The molecule has 4 rings (SSSR count). The van der Waals surface area contributed by atoms with Crippen molar-refractivity contribution in [1.29, 1.82) is 0 Å². The van der Waals surface area contributed by atoms with Crippen LogP contribution in [-0.4, -0.2) is 23.4 Å². The van der Waals surface area contributed by atoms with Gasteiger partial charge in [0.05, 0.1) is 11.9 Å². The lowest BCUT2D eigenvalue weighted by Crippen LogP contribution is -2.23. The standard InChI is InChI=1S/C21H18N2O3/c24-19-7-3-13-23(19)17-8-10-18(11-9-17)26-20(25)14-16-5-1-4-15-6-2-12-22-21(15)16/h1-2,4-6,8-12H,3,7,13-14H2. The molecule has 0 N–H and O–H groups in total. The maximum Gasteiger partial charge on any atom is 0.315 e. The first-order chi connectivity index (χ1) is 12.7. The summed E-state index contributed by atoms with van der Waals surface area (Å²) in [4.78, 5) is 30.2. The van der Waals surface area contributed by atoms with E-state index in [1.165, 1.54) is 0 Å². The van der Waals surface area contributed by atoms with E-state index < -0.39 is 0 Å². The highest BCUT2D eigenvalue weighted by Gasteiger charge is 2.21. The fourth-order valence-corrected chi connectivity index (χ4v) is 3.25. The van der Waals surface area contributed by atoms with E-state index in [1.54, 1.807) is 23.2 Å². The molecule has 130 valence electrons. The Hall–Kier alpha value is -3.21. The largest absolute Gasteiger partial charge is 0.426 e. The molecular weight excluding hydrogens is 328 g/mol. The third-order valence-electron chi connectivity index (χ3n) is 4.50. The fourth-order valence-electron chi connectivity index (χ4n) is 3.25. The molecule has 0 saturated carbocycles. The lowest BCUT2D eigenvalue weighted by atomic mass is 10.1. The van der Waals surface area contributed by atoms with Crippen LogP contribution in [0.15, 0.2) is 60.8 Å². The first kappa shape index (κ1) is 16.3. The van der Waals surface area contributed by atoms with Gasteiger partial charge in [-0.25, -0.2) is 0 Å². The summed E-state index contributed by atoms with van der Waals surface area (Å²) in [7, 11) is 0. The maximum absolute atomic E-state index is 12.3. The van der Waals surface area contributed by atoms with Crippen molar-refractivity contribution < 1.29 is 14.3 Å². The second-order valence-electron chi connectivity index (χ2n) is 6.29. The SMILES string of the molecule is O=C(Cc1cccc2cccnc12)Oc1ccc(N2CCCC2=O)cc1. The van der Waals surface area contributed by atoms with E-state index in [0.29, 0.717) is 12.2 Å². The number of rotatable bonds is 4. The average molecular weight is 346 g/mol. The van der Waals surface area contributed by atoms with Gasteiger partial charge < -0.3 is 9.64 Å². The van der Waals surface area contributed by atoms with Crippen LogP contribution in [0, 0.1) is 0 Å². The summed E-state index contributed by atoms with van der Waals surface area (Å²) in [6.07, 6.45) is 3.35. The molecular formula is C21H18N2O3. The van der Waals surface area contributed by atoms with Crippen molar-refractivity contribution in [3.63, 3.8) is 0 Å². The predicted molar refractivity (Wildman–Crippen MR) is 99.1 cm³/mol. The first-order valence-electron chi connectivity index (χ1n) is 8.64. The van der Waals surface area contributed by atoms with Gasteiger partial charge in [0.25, 0.3) is 0 Å². The molecule has 1 fully saturated rings. The molecule has 1 aliphatic rings. The Morgan fingerprint density at radius 1 is 1.08 bits per heavy atom. The molecule has 0 aliphatic carbocycles. The highest BCUT2D eigenvalue weighted by Crippen LogP contribution is 2.24. The Morgan fingerprint density at radius 2 is 1.88 bits per heavy atom. The summed E-state index contributed by atoms with van der Waals surface area (Å²) < 4.78 is 5.44. The van der Waals surface area contributed by atoms with Crippen LogP contribution in [0.5, 0.6) is 5.75 Å². The Kier molecular flexibility index (Phi) is 4.35. The number of esters is 1. The van der Waals surface area contributed by atoms with Gasteiger partial charge in [-0.3, -0.25) is 14.6 Å². The minimum atomic E-state index is -0.340. The van der Waals surface area contributed by atoms with Gasteiger partial charge >= 0.3 is 5.97 Å². The maximum atomic E-state index is 12.3. The number of benzene rings is 2. The lowest BCUT2D eigenvalue weighted by Gasteiger charge is -2.15. The summed E-state index contributed by atoms with van der Waals surface area (Å²) >= 11 is 0. The second-order valence-corrected chi connectivity index (χ2v) is 6.29. The molecule has 5 nitrogen and oxygen atoms in total. The van der Waals surface area contributed by atoms with Gasteiger partial charge in [-0.1, -0.05) is 24.3 Å². The molecule has 26 heavy (non-hydrogen) atoms. The van der Waals surface area contributed by atoms with Crippen LogP contribution in [0.2, 0.25) is 0 Å². The van der Waals surface area contributed by atoms with Crippen molar-refractivity contribution in [2.45, 2.75) is 19.3 Å². The Balaban J connectivity index is 1.45. The van der Waals surface area contributed by atoms with Crippen molar-refractivity contribution in [3.05, 3.63) is 66.4 Å². The quantitative estimate of drug-likeness (QED) is 0.536. The number of nitrogens with zero attached hydrogens (tertiary/aromatic N) is 2. The highest BCUT2D eigenvalue weighted by atomic mass is 16.5. The normalized spacial score (nSPS) is 14.0. The number of aromatic nitrogens is 1. The summed E-state index contributed by atoms with van der Waals surface area (Å²) in [5.41, 5.74) is 2.49. The number of hydrogen-bond acceptors (Lipinski definition) is 4.